The number of fused-ring (bicyclic) bond motifs is 1. The standard InChI is InChI=1S/C22H25BrN4OS/c23-16-8-6-15(7-9-16)18-14-29-20-19(18)24-22(25-21(20)28)27-12-10-26(11-13-27)17-4-2-1-3-5-17/h6-9,14,17H,1-5,10-13H2,(H,24,25,28). The van der Waals surface area contributed by atoms with E-state index < -0.39 is 0 Å². The normalized spacial score (nSPS) is 19.1. The fourth-order valence-electron chi connectivity index (χ4n) is 4.65. The summed E-state index contributed by atoms with van der Waals surface area (Å²) >= 11 is 4.96. The Morgan fingerprint density at radius 2 is 1.76 bits per heavy atom. The maximum absolute atomic E-state index is 12.7. The van der Waals surface area contributed by atoms with Crippen molar-refractivity contribution in [1.82, 2.24) is 14.9 Å². The van der Waals surface area contributed by atoms with E-state index in [1.54, 1.807) is 0 Å². The van der Waals surface area contributed by atoms with Crippen molar-refractivity contribution in [3.05, 3.63) is 44.5 Å². The molecular weight excluding hydrogens is 448 g/mol. The molecule has 3 heterocycles. The Hall–Kier alpha value is -1.70. The van der Waals surface area contributed by atoms with E-state index in [1.165, 1.54) is 43.4 Å². The van der Waals surface area contributed by atoms with Crippen molar-refractivity contribution in [3.63, 3.8) is 0 Å². The van der Waals surface area contributed by atoms with Gasteiger partial charge in [-0.15, -0.1) is 11.3 Å². The summed E-state index contributed by atoms with van der Waals surface area (Å²) in [5.74, 6) is 0.711. The highest BCUT2D eigenvalue weighted by Gasteiger charge is 2.26. The largest absolute Gasteiger partial charge is 0.340 e. The van der Waals surface area contributed by atoms with Crippen molar-refractivity contribution in [3.8, 4) is 11.1 Å². The van der Waals surface area contributed by atoms with Crippen molar-refractivity contribution in [2.45, 2.75) is 38.1 Å². The first-order valence-electron chi connectivity index (χ1n) is 10.5. The number of nitrogens with one attached hydrogen (secondary N) is 1. The fourth-order valence-corrected chi connectivity index (χ4v) is 5.82. The lowest BCUT2D eigenvalue weighted by molar-refractivity contribution is 0.147. The lowest BCUT2D eigenvalue weighted by atomic mass is 9.94. The second-order valence-corrected chi connectivity index (χ2v) is 9.83. The molecule has 2 aromatic heterocycles. The minimum Gasteiger partial charge on any atom is -0.340 e. The summed E-state index contributed by atoms with van der Waals surface area (Å²) in [6.07, 6.45) is 6.81. The van der Waals surface area contributed by atoms with Gasteiger partial charge in [-0.1, -0.05) is 47.3 Å². The van der Waals surface area contributed by atoms with Crippen LogP contribution in [0.4, 0.5) is 5.95 Å². The molecule has 5 rings (SSSR count). The SMILES string of the molecule is O=c1[nH]c(N2CCN(C3CCCCC3)CC2)nc2c(-c3ccc(Br)cc3)csc12. The molecule has 0 radical (unpaired) electrons. The van der Waals surface area contributed by atoms with E-state index in [0.717, 1.165) is 53.3 Å². The van der Waals surface area contributed by atoms with Crippen molar-refractivity contribution in [2.24, 2.45) is 0 Å². The third-order valence-corrected chi connectivity index (χ3v) is 7.77. The van der Waals surface area contributed by atoms with Crippen LogP contribution in [0.2, 0.25) is 0 Å². The molecular formula is C22H25BrN4OS. The van der Waals surface area contributed by atoms with Gasteiger partial charge in [-0.25, -0.2) is 4.98 Å². The molecule has 29 heavy (non-hydrogen) atoms. The highest BCUT2D eigenvalue weighted by Crippen LogP contribution is 2.32. The van der Waals surface area contributed by atoms with Gasteiger partial charge in [0.05, 0.1) is 5.52 Å². The van der Waals surface area contributed by atoms with Gasteiger partial charge in [0, 0.05) is 47.6 Å². The molecule has 2 fully saturated rings. The third kappa shape index (κ3) is 3.88. The first-order chi connectivity index (χ1) is 14.2. The predicted molar refractivity (Wildman–Crippen MR) is 124 cm³/mol. The number of aromatic amines is 1. The van der Waals surface area contributed by atoms with E-state index in [-0.39, 0.29) is 5.56 Å². The number of aromatic nitrogens is 2. The van der Waals surface area contributed by atoms with Crippen molar-refractivity contribution in [2.75, 3.05) is 31.1 Å². The van der Waals surface area contributed by atoms with Crippen LogP contribution in [0.15, 0.2) is 38.9 Å². The second kappa shape index (κ2) is 8.20. The topological polar surface area (TPSA) is 52.2 Å². The molecule has 1 saturated heterocycles. The van der Waals surface area contributed by atoms with Gasteiger partial charge >= 0.3 is 0 Å². The molecule has 0 unspecified atom stereocenters. The molecule has 3 aromatic rings. The highest BCUT2D eigenvalue weighted by atomic mass is 79.9. The maximum Gasteiger partial charge on any atom is 0.270 e. The molecule has 0 atom stereocenters. The molecule has 0 bridgehead atoms. The number of rotatable bonds is 3. The van der Waals surface area contributed by atoms with Crippen molar-refractivity contribution >= 4 is 43.4 Å². The van der Waals surface area contributed by atoms with E-state index in [4.69, 9.17) is 4.98 Å². The van der Waals surface area contributed by atoms with Crippen LogP contribution < -0.4 is 10.5 Å². The van der Waals surface area contributed by atoms with Crippen LogP contribution in [0.5, 0.6) is 0 Å². The lowest BCUT2D eigenvalue weighted by Gasteiger charge is -2.40. The van der Waals surface area contributed by atoms with Gasteiger partial charge in [0.15, 0.2) is 0 Å². The van der Waals surface area contributed by atoms with Gasteiger partial charge in [-0.2, -0.15) is 0 Å². The Bertz CT molecular complexity index is 1050. The number of hydrogen-bond acceptors (Lipinski definition) is 5. The van der Waals surface area contributed by atoms with Gasteiger partial charge in [0.2, 0.25) is 5.95 Å². The van der Waals surface area contributed by atoms with Gasteiger partial charge in [0.1, 0.15) is 4.70 Å². The number of piperazine rings is 1. The summed E-state index contributed by atoms with van der Waals surface area (Å²) in [7, 11) is 0. The molecule has 7 heteroatoms. The van der Waals surface area contributed by atoms with Crippen molar-refractivity contribution in [1.29, 1.82) is 0 Å². The van der Waals surface area contributed by atoms with Gasteiger partial charge in [-0.3, -0.25) is 14.7 Å². The fraction of sp³-hybridized carbons (Fsp3) is 0.455. The summed E-state index contributed by atoms with van der Waals surface area (Å²) in [6.45, 7) is 3.94. The van der Waals surface area contributed by atoms with Crippen LogP contribution in [-0.4, -0.2) is 47.1 Å². The first kappa shape index (κ1) is 19.3. The number of anilines is 1. The number of hydrogen-bond donors (Lipinski definition) is 1. The van der Waals surface area contributed by atoms with Crippen molar-refractivity contribution < 1.29 is 0 Å². The minimum atomic E-state index is -0.0342. The Labute approximate surface area is 182 Å². The number of thiophene rings is 1. The molecule has 1 N–H and O–H groups in total. The molecule has 1 saturated carbocycles. The van der Waals surface area contributed by atoms with E-state index in [1.807, 2.05) is 17.5 Å². The minimum absolute atomic E-state index is 0.0342. The second-order valence-electron chi connectivity index (χ2n) is 8.04. The first-order valence-corrected chi connectivity index (χ1v) is 12.1. The summed E-state index contributed by atoms with van der Waals surface area (Å²) in [5, 5.41) is 2.04. The molecule has 1 aliphatic carbocycles. The lowest BCUT2D eigenvalue weighted by Crippen LogP contribution is -2.51. The number of H-pyrrole nitrogens is 1. The average Bonchev–Trinajstić information content (AvgIpc) is 3.20. The van der Waals surface area contributed by atoms with Crippen LogP contribution in [0.25, 0.3) is 21.3 Å². The summed E-state index contributed by atoms with van der Waals surface area (Å²) in [4.78, 5) is 25.5. The van der Waals surface area contributed by atoms with Crippen LogP contribution >= 0.6 is 27.3 Å². The molecule has 0 amide bonds. The molecule has 152 valence electrons. The van der Waals surface area contributed by atoms with Crippen LogP contribution in [-0.2, 0) is 0 Å². The monoisotopic (exact) mass is 472 g/mol. The Kier molecular flexibility index (Phi) is 5.45. The summed E-state index contributed by atoms with van der Waals surface area (Å²) < 4.78 is 1.75. The summed E-state index contributed by atoms with van der Waals surface area (Å²) in [5.41, 5.74) is 2.90. The van der Waals surface area contributed by atoms with Crippen LogP contribution in [0.3, 0.4) is 0 Å². The van der Waals surface area contributed by atoms with E-state index in [9.17, 15) is 4.79 Å². The average molecular weight is 473 g/mol. The Balaban J connectivity index is 1.40. The zero-order valence-corrected chi connectivity index (χ0v) is 18.8. The van der Waals surface area contributed by atoms with Crippen LogP contribution in [0.1, 0.15) is 32.1 Å². The number of nitrogens with zero attached hydrogens (tertiary/aromatic N) is 3. The smallest absolute Gasteiger partial charge is 0.270 e. The Morgan fingerprint density at radius 3 is 2.48 bits per heavy atom. The molecule has 0 spiro atoms. The van der Waals surface area contributed by atoms with Gasteiger partial charge in [-0.05, 0) is 30.5 Å². The predicted octanol–water partition coefficient (Wildman–Crippen LogP) is 4.87. The molecule has 2 aliphatic rings. The van der Waals surface area contributed by atoms with E-state index in [2.05, 4.69) is 42.8 Å². The number of benzene rings is 1. The van der Waals surface area contributed by atoms with E-state index >= 15 is 0 Å². The quantitative estimate of drug-likeness (QED) is 0.590. The molecule has 5 nitrogen and oxygen atoms in total. The highest BCUT2D eigenvalue weighted by molar-refractivity contribution is 9.10. The number of halogens is 1. The van der Waals surface area contributed by atoms with E-state index in [0.29, 0.717) is 10.6 Å². The zero-order chi connectivity index (χ0) is 19.8. The van der Waals surface area contributed by atoms with Crippen LogP contribution in [0, 0.1) is 0 Å². The molecule has 1 aliphatic heterocycles. The van der Waals surface area contributed by atoms with Gasteiger partial charge in [0.25, 0.3) is 5.56 Å². The zero-order valence-electron chi connectivity index (χ0n) is 16.4. The molecule has 1 aromatic carbocycles. The van der Waals surface area contributed by atoms with Gasteiger partial charge < -0.3 is 4.90 Å². The third-order valence-electron chi connectivity index (χ3n) is 6.27. The maximum atomic E-state index is 12.7. The summed E-state index contributed by atoms with van der Waals surface area (Å²) in [6, 6.07) is 8.93. The Morgan fingerprint density at radius 1 is 1.03 bits per heavy atom.